The van der Waals surface area contributed by atoms with Gasteiger partial charge < -0.3 is 5.32 Å². The highest BCUT2D eigenvalue weighted by atomic mass is 32.1. The zero-order valence-corrected chi connectivity index (χ0v) is 13.3. The van der Waals surface area contributed by atoms with Gasteiger partial charge in [-0.15, -0.1) is 11.3 Å². The van der Waals surface area contributed by atoms with E-state index in [1.54, 1.807) is 11.3 Å². The van der Waals surface area contributed by atoms with E-state index in [-0.39, 0.29) is 0 Å². The fraction of sp³-hybridized carbons (Fsp3) is 0.278. The molecule has 1 N–H and O–H groups in total. The molecule has 0 spiro atoms. The quantitative estimate of drug-likeness (QED) is 0.686. The highest BCUT2D eigenvalue weighted by Crippen LogP contribution is 2.33. The summed E-state index contributed by atoms with van der Waals surface area (Å²) in [6, 6.07) is 14.9. The van der Waals surface area contributed by atoms with Crippen LogP contribution in [0.25, 0.3) is 21.3 Å². The molecule has 0 aliphatic carbocycles. The van der Waals surface area contributed by atoms with Crippen molar-refractivity contribution < 1.29 is 0 Å². The number of nitrogens with one attached hydrogen (secondary N) is 1. The minimum Gasteiger partial charge on any atom is -0.312 e. The monoisotopic (exact) mass is 296 g/mol. The summed E-state index contributed by atoms with van der Waals surface area (Å²) in [6.07, 6.45) is 1.16. The van der Waals surface area contributed by atoms with Crippen LogP contribution in [-0.4, -0.2) is 11.5 Å². The maximum absolute atomic E-state index is 4.79. The lowest BCUT2D eigenvalue weighted by Crippen LogP contribution is -2.13. The van der Waals surface area contributed by atoms with Gasteiger partial charge in [0.15, 0.2) is 0 Å². The first-order chi connectivity index (χ1) is 10.3. The molecular weight excluding hydrogens is 276 g/mol. The van der Waals surface area contributed by atoms with Crippen molar-refractivity contribution in [3.8, 4) is 10.6 Å². The van der Waals surface area contributed by atoms with Gasteiger partial charge in [-0.1, -0.05) is 49.4 Å². The molecule has 21 heavy (non-hydrogen) atoms. The number of hydrogen-bond donors (Lipinski definition) is 1. The maximum Gasteiger partial charge on any atom is 0.124 e. The van der Waals surface area contributed by atoms with Crippen molar-refractivity contribution >= 4 is 22.1 Å². The number of hydrogen-bond acceptors (Lipinski definition) is 3. The van der Waals surface area contributed by atoms with Crippen LogP contribution in [0.3, 0.4) is 0 Å². The van der Waals surface area contributed by atoms with Gasteiger partial charge in [0.1, 0.15) is 5.01 Å². The van der Waals surface area contributed by atoms with E-state index < -0.39 is 0 Å². The molecule has 2 nitrogen and oxygen atoms in total. The normalized spacial score (nSPS) is 11.1. The Morgan fingerprint density at radius 1 is 1.10 bits per heavy atom. The fourth-order valence-corrected chi connectivity index (χ4v) is 3.57. The molecule has 0 fully saturated rings. The minimum atomic E-state index is 0.919. The molecule has 0 aliphatic heterocycles. The number of fused-ring (bicyclic) bond motifs is 1. The SMILES string of the molecule is CCCNCc1sc(-c2cccc3ccccc23)nc1C. The van der Waals surface area contributed by atoms with Gasteiger partial charge in [-0.3, -0.25) is 0 Å². The van der Waals surface area contributed by atoms with Crippen molar-refractivity contribution in [3.63, 3.8) is 0 Å². The van der Waals surface area contributed by atoms with Gasteiger partial charge in [0.25, 0.3) is 0 Å². The van der Waals surface area contributed by atoms with Gasteiger partial charge in [0.2, 0.25) is 0 Å². The molecule has 3 rings (SSSR count). The lowest BCUT2D eigenvalue weighted by molar-refractivity contribution is 0.678. The van der Waals surface area contributed by atoms with E-state index in [2.05, 4.69) is 61.6 Å². The third-order valence-electron chi connectivity index (χ3n) is 3.63. The summed E-state index contributed by atoms with van der Waals surface area (Å²) in [4.78, 5) is 6.13. The first-order valence-corrected chi connectivity index (χ1v) is 8.26. The molecule has 2 aromatic carbocycles. The van der Waals surface area contributed by atoms with Crippen LogP contribution in [0.4, 0.5) is 0 Å². The maximum atomic E-state index is 4.79. The molecule has 108 valence electrons. The molecule has 0 atom stereocenters. The van der Waals surface area contributed by atoms with Crippen molar-refractivity contribution in [1.82, 2.24) is 10.3 Å². The predicted molar refractivity (Wildman–Crippen MR) is 91.8 cm³/mol. The summed E-state index contributed by atoms with van der Waals surface area (Å²) in [5.74, 6) is 0. The van der Waals surface area contributed by atoms with Crippen LogP contribution in [0, 0.1) is 6.92 Å². The van der Waals surface area contributed by atoms with Gasteiger partial charge >= 0.3 is 0 Å². The average molecular weight is 296 g/mol. The topological polar surface area (TPSA) is 24.9 Å². The molecule has 0 bridgehead atoms. The number of aryl methyl sites for hydroxylation is 1. The minimum absolute atomic E-state index is 0.919. The smallest absolute Gasteiger partial charge is 0.124 e. The highest BCUT2D eigenvalue weighted by molar-refractivity contribution is 7.15. The zero-order chi connectivity index (χ0) is 14.7. The van der Waals surface area contributed by atoms with E-state index in [1.807, 2.05) is 0 Å². The Morgan fingerprint density at radius 3 is 2.76 bits per heavy atom. The Labute approximate surface area is 129 Å². The highest BCUT2D eigenvalue weighted by Gasteiger charge is 2.11. The van der Waals surface area contributed by atoms with Gasteiger partial charge in [-0.05, 0) is 30.7 Å². The second-order valence-corrected chi connectivity index (χ2v) is 6.31. The first kappa shape index (κ1) is 14.2. The molecule has 3 heteroatoms. The van der Waals surface area contributed by atoms with Crippen LogP contribution in [0.15, 0.2) is 42.5 Å². The van der Waals surface area contributed by atoms with Crippen LogP contribution >= 0.6 is 11.3 Å². The number of thiazole rings is 1. The Kier molecular flexibility index (Phi) is 4.32. The van der Waals surface area contributed by atoms with Crippen molar-refractivity contribution in [1.29, 1.82) is 0 Å². The standard InChI is InChI=1S/C18H20N2S/c1-3-11-19-12-17-13(2)20-18(21-17)16-10-6-8-14-7-4-5-9-15(14)16/h4-10,19H,3,11-12H2,1-2H3. The molecule has 0 saturated carbocycles. The zero-order valence-electron chi connectivity index (χ0n) is 12.5. The Morgan fingerprint density at radius 2 is 1.90 bits per heavy atom. The van der Waals surface area contributed by atoms with Gasteiger partial charge in [-0.25, -0.2) is 4.98 Å². The van der Waals surface area contributed by atoms with Gasteiger partial charge in [0.05, 0.1) is 5.69 Å². The van der Waals surface area contributed by atoms with Crippen molar-refractivity contribution in [2.45, 2.75) is 26.8 Å². The second kappa shape index (κ2) is 6.37. The van der Waals surface area contributed by atoms with Crippen LogP contribution < -0.4 is 5.32 Å². The number of nitrogens with zero attached hydrogens (tertiary/aromatic N) is 1. The van der Waals surface area contributed by atoms with Crippen LogP contribution in [0.1, 0.15) is 23.9 Å². The fourth-order valence-electron chi connectivity index (χ4n) is 2.50. The van der Waals surface area contributed by atoms with E-state index in [0.29, 0.717) is 0 Å². The summed E-state index contributed by atoms with van der Waals surface area (Å²) in [6.45, 7) is 6.27. The first-order valence-electron chi connectivity index (χ1n) is 7.44. The molecule has 0 radical (unpaired) electrons. The van der Waals surface area contributed by atoms with Crippen molar-refractivity contribution in [2.24, 2.45) is 0 Å². The summed E-state index contributed by atoms with van der Waals surface area (Å²) in [7, 11) is 0. The second-order valence-electron chi connectivity index (χ2n) is 5.23. The van der Waals surface area contributed by atoms with Crippen LogP contribution in [0.2, 0.25) is 0 Å². The largest absolute Gasteiger partial charge is 0.312 e. The van der Waals surface area contributed by atoms with E-state index in [0.717, 1.165) is 30.2 Å². The average Bonchev–Trinajstić information content (AvgIpc) is 2.88. The lowest BCUT2D eigenvalue weighted by atomic mass is 10.1. The van der Waals surface area contributed by atoms with Crippen molar-refractivity contribution in [2.75, 3.05) is 6.54 Å². The molecule has 0 saturated heterocycles. The molecule has 0 amide bonds. The predicted octanol–water partition coefficient (Wildman–Crippen LogP) is 4.77. The molecule has 0 unspecified atom stereocenters. The van der Waals surface area contributed by atoms with Gasteiger partial charge in [0, 0.05) is 17.0 Å². The summed E-state index contributed by atoms with van der Waals surface area (Å²) in [5, 5.41) is 7.14. The lowest BCUT2D eigenvalue weighted by Gasteiger charge is -2.03. The third-order valence-corrected chi connectivity index (χ3v) is 4.82. The Balaban J connectivity index is 1.97. The summed E-state index contributed by atoms with van der Waals surface area (Å²) >= 11 is 1.80. The molecule has 0 aliphatic rings. The molecular formula is C18H20N2S. The van der Waals surface area contributed by atoms with E-state index in [9.17, 15) is 0 Å². The molecule has 1 heterocycles. The summed E-state index contributed by atoms with van der Waals surface area (Å²) < 4.78 is 0. The van der Waals surface area contributed by atoms with Crippen molar-refractivity contribution in [3.05, 3.63) is 53.0 Å². The Bertz CT molecular complexity index is 741. The molecule has 3 aromatic rings. The van der Waals surface area contributed by atoms with E-state index in [1.165, 1.54) is 21.2 Å². The van der Waals surface area contributed by atoms with E-state index in [4.69, 9.17) is 4.98 Å². The Hall–Kier alpha value is -1.71. The number of benzene rings is 2. The van der Waals surface area contributed by atoms with E-state index >= 15 is 0 Å². The number of aromatic nitrogens is 1. The third kappa shape index (κ3) is 2.99. The van der Waals surface area contributed by atoms with Crippen LogP contribution in [-0.2, 0) is 6.54 Å². The molecule has 1 aromatic heterocycles. The number of rotatable bonds is 5. The van der Waals surface area contributed by atoms with Gasteiger partial charge in [-0.2, -0.15) is 0 Å². The van der Waals surface area contributed by atoms with Crippen LogP contribution in [0.5, 0.6) is 0 Å². The summed E-state index contributed by atoms with van der Waals surface area (Å²) in [5.41, 5.74) is 2.38.